The Kier molecular flexibility index (Phi) is 11.6. The molecule has 2 unspecified atom stereocenters. The van der Waals surface area contributed by atoms with E-state index in [2.05, 4.69) is 4.57 Å². The average molecular weight is 820 g/mol. The Morgan fingerprint density at radius 3 is 1.95 bits per heavy atom. The zero-order valence-corrected chi connectivity index (χ0v) is 34.9. The highest BCUT2D eigenvalue weighted by Gasteiger charge is 2.47. The molecule has 1 aliphatic rings. The minimum atomic E-state index is -1.49. The normalized spacial score (nSPS) is 15.1. The van der Waals surface area contributed by atoms with E-state index in [0.717, 1.165) is 21.9 Å². The van der Waals surface area contributed by atoms with Gasteiger partial charge in [-0.3, -0.25) is 4.98 Å². The van der Waals surface area contributed by atoms with Crippen LogP contribution in [0, 0.1) is 0 Å². The topological polar surface area (TPSA) is 183 Å². The van der Waals surface area contributed by atoms with E-state index in [4.69, 9.17) is 54.1 Å². The lowest BCUT2D eigenvalue weighted by Crippen LogP contribution is -2.48. The number of aromatic nitrogens is 6. The summed E-state index contributed by atoms with van der Waals surface area (Å²) in [5.41, 5.74) is 8.55. The van der Waals surface area contributed by atoms with Crippen LogP contribution < -0.4 is 15.2 Å². The minimum Gasteiger partial charge on any atom is -0.489 e. The highest BCUT2D eigenvalue weighted by molar-refractivity contribution is 6.07. The molecule has 0 amide bonds. The van der Waals surface area contributed by atoms with Gasteiger partial charge in [0.15, 0.2) is 12.1 Å². The highest BCUT2D eigenvalue weighted by Crippen LogP contribution is 2.47. The Morgan fingerprint density at radius 1 is 0.733 bits per heavy atom. The molecule has 60 heavy (non-hydrogen) atoms. The summed E-state index contributed by atoms with van der Waals surface area (Å²) in [4.78, 5) is 19.8. The molecule has 0 bridgehead atoms. The molecule has 1 fully saturated rings. The summed E-state index contributed by atoms with van der Waals surface area (Å²) >= 11 is 0. The summed E-state index contributed by atoms with van der Waals surface area (Å²) in [5, 5.41) is 26.8. The van der Waals surface area contributed by atoms with Crippen molar-refractivity contribution >= 4 is 49.7 Å². The quantitative estimate of drug-likeness (QED) is 0.0960. The van der Waals surface area contributed by atoms with E-state index in [1.54, 1.807) is 48.1 Å². The Labute approximate surface area is 348 Å². The zero-order chi connectivity index (χ0) is 42.2. The van der Waals surface area contributed by atoms with Crippen LogP contribution in [0.25, 0.3) is 43.9 Å². The number of rotatable bonds is 17. The van der Waals surface area contributed by atoms with Crippen molar-refractivity contribution in [1.29, 1.82) is 0 Å². The number of aliphatic hydroxyl groups is 2. The number of methoxy groups -OCH3 is 2. The van der Waals surface area contributed by atoms with Crippen LogP contribution in [0.2, 0.25) is 0 Å². The number of hydrogen-bond donors (Lipinski definition) is 3. The molecule has 5 heterocycles. The SMILES string of the molecule is COCCc1nc2cnc3cc(OCc4ccccc4)ccc3c2n1C(C(n1c(CCOC)nc2c(N)nc3cc(OCC4OCCO4)ccc3c21)C(C)(C)O)C(C)(C)O. The Morgan fingerprint density at radius 2 is 1.32 bits per heavy atom. The number of ether oxygens (including phenoxy) is 6. The van der Waals surface area contributed by atoms with Crippen LogP contribution in [0.3, 0.4) is 0 Å². The number of nitrogens with two attached hydrogens (primary N) is 1. The van der Waals surface area contributed by atoms with Crippen molar-refractivity contribution in [1.82, 2.24) is 29.1 Å². The molecule has 7 aromatic rings. The second kappa shape index (κ2) is 16.9. The largest absolute Gasteiger partial charge is 0.489 e. The number of nitrogen functional groups attached to an aromatic ring is 1. The van der Waals surface area contributed by atoms with Crippen LogP contribution in [-0.4, -0.2) is 104 Å². The molecule has 316 valence electrons. The third-order valence-electron chi connectivity index (χ3n) is 10.9. The van der Waals surface area contributed by atoms with Gasteiger partial charge in [-0.05, 0) is 57.5 Å². The lowest BCUT2D eigenvalue weighted by Gasteiger charge is -2.44. The predicted octanol–water partition coefficient (Wildman–Crippen LogP) is 6.10. The van der Waals surface area contributed by atoms with Gasteiger partial charge in [0.25, 0.3) is 0 Å². The van der Waals surface area contributed by atoms with Gasteiger partial charge in [0.05, 0.1) is 78.0 Å². The standard InChI is InChI=1S/C45H53N7O8/c1-44(2,53)41(51-35(16-18-55-5)48-34-24-47-32-22-28(12-14-30(32)39(34)51)59-25-27-10-8-7-9-11-27)42(45(3,4)54)52-36(17-19-56-6)50-38-40(52)31-15-13-29(23-33(31)49-43(38)46)60-26-37-57-20-21-58-37/h7-15,22-24,37,41-42,53-54H,16-21,25-26H2,1-6H3,(H2,46,49). The number of fused-ring (bicyclic) bond motifs is 6. The van der Waals surface area contributed by atoms with Crippen molar-refractivity contribution in [2.75, 3.05) is 53.0 Å². The molecular weight excluding hydrogens is 767 g/mol. The fourth-order valence-corrected chi connectivity index (χ4v) is 8.32. The van der Waals surface area contributed by atoms with E-state index in [-0.39, 0.29) is 12.4 Å². The molecular formula is C45H53N7O8. The fraction of sp³-hybridized carbons (Fsp3) is 0.422. The van der Waals surface area contributed by atoms with Gasteiger partial charge in [0.2, 0.25) is 0 Å². The first-order valence-electron chi connectivity index (χ1n) is 20.2. The zero-order valence-electron chi connectivity index (χ0n) is 34.9. The summed E-state index contributed by atoms with van der Waals surface area (Å²) < 4.78 is 38.7. The minimum absolute atomic E-state index is 0.208. The highest BCUT2D eigenvalue weighted by atomic mass is 16.7. The van der Waals surface area contributed by atoms with Crippen molar-refractivity contribution in [3.63, 3.8) is 0 Å². The number of imidazole rings is 2. The van der Waals surface area contributed by atoms with Gasteiger partial charge in [-0.15, -0.1) is 0 Å². The molecule has 0 saturated carbocycles. The Balaban J connectivity index is 1.34. The van der Waals surface area contributed by atoms with Gasteiger partial charge in [0, 0.05) is 50.0 Å². The van der Waals surface area contributed by atoms with Crippen molar-refractivity contribution in [3.8, 4) is 11.5 Å². The van der Waals surface area contributed by atoms with Crippen LogP contribution >= 0.6 is 0 Å². The molecule has 0 spiro atoms. The number of hydrogen-bond acceptors (Lipinski definition) is 13. The van der Waals surface area contributed by atoms with E-state index in [9.17, 15) is 10.2 Å². The molecule has 4 N–H and O–H groups in total. The van der Waals surface area contributed by atoms with Gasteiger partial charge < -0.3 is 53.5 Å². The monoisotopic (exact) mass is 819 g/mol. The van der Waals surface area contributed by atoms with Crippen LogP contribution in [0.15, 0.2) is 72.9 Å². The van der Waals surface area contributed by atoms with E-state index in [0.29, 0.717) is 96.6 Å². The Hall–Kier alpha value is -5.42. The molecule has 3 aromatic carbocycles. The van der Waals surface area contributed by atoms with Crippen LogP contribution in [0.5, 0.6) is 11.5 Å². The number of pyridine rings is 2. The fourth-order valence-electron chi connectivity index (χ4n) is 8.32. The molecule has 1 aliphatic heterocycles. The lowest BCUT2D eigenvalue weighted by molar-refractivity contribution is -0.0683. The van der Waals surface area contributed by atoms with Crippen LogP contribution in [0.1, 0.15) is 57.0 Å². The number of nitrogens with zero attached hydrogens (tertiary/aromatic N) is 6. The van der Waals surface area contributed by atoms with E-state index in [1.807, 2.05) is 71.3 Å². The van der Waals surface area contributed by atoms with Crippen molar-refractivity contribution < 1.29 is 38.6 Å². The van der Waals surface area contributed by atoms with Gasteiger partial charge in [-0.2, -0.15) is 0 Å². The second-order valence-electron chi connectivity index (χ2n) is 16.3. The van der Waals surface area contributed by atoms with Crippen molar-refractivity contribution in [2.45, 2.75) is 76.7 Å². The van der Waals surface area contributed by atoms with Gasteiger partial charge in [0.1, 0.15) is 47.4 Å². The lowest BCUT2D eigenvalue weighted by atomic mass is 9.82. The molecule has 1 saturated heterocycles. The van der Waals surface area contributed by atoms with Gasteiger partial charge in [-0.1, -0.05) is 30.3 Å². The third kappa shape index (κ3) is 8.20. The summed E-state index contributed by atoms with van der Waals surface area (Å²) in [6.07, 6.45) is 2.08. The summed E-state index contributed by atoms with van der Waals surface area (Å²) in [6.45, 7) is 9.36. The molecule has 4 aromatic heterocycles. The third-order valence-corrected chi connectivity index (χ3v) is 10.9. The predicted molar refractivity (Wildman–Crippen MR) is 228 cm³/mol. The van der Waals surface area contributed by atoms with Gasteiger partial charge in [-0.25, -0.2) is 15.0 Å². The maximum Gasteiger partial charge on any atom is 0.191 e. The van der Waals surface area contributed by atoms with Gasteiger partial charge >= 0.3 is 0 Å². The van der Waals surface area contributed by atoms with E-state index in [1.165, 1.54) is 0 Å². The second-order valence-corrected chi connectivity index (χ2v) is 16.3. The van der Waals surface area contributed by atoms with E-state index < -0.39 is 29.6 Å². The Bertz CT molecular complexity index is 2610. The molecule has 15 nitrogen and oxygen atoms in total. The maximum atomic E-state index is 12.6. The van der Waals surface area contributed by atoms with E-state index >= 15 is 0 Å². The summed E-state index contributed by atoms with van der Waals surface area (Å²) in [7, 11) is 3.27. The summed E-state index contributed by atoms with van der Waals surface area (Å²) in [6, 6.07) is 19.6. The van der Waals surface area contributed by atoms with Crippen molar-refractivity contribution in [3.05, 3.63) is 90.1 Å². The molecule has 15 heteroatoms. The number of anilines is 1. The molecule has 8 rings (SSSR count). The smallest absolute Gasteiger partial charge is 0.191 e. The summed E-state index contributed by atoms with van der Waals surface area (Å²) in [5.74, 6) is 2.68. The maximum absolute atomic E-state index is 12.6. The first kappa shape index (κ1) is 41.3. The van der Waals surface area contributed by atoms with Crippen LogP contribution in [0.4, 0.5) is 5.82 Å². The molecule has 0 radical (unpaired) electrons. The molecule has 2 atom stereocenters. The number of benzene rings is 3. The van der Waals surface area contributed by atoms with Crippen molar-refractivity contribution in [2.24, 2.45) is 0 Å². The average Bonchev–Trinajstić information content (AvgIpc) is 3.97. The first-order valence-corrected chi connectivity index (χ1v) is 20.2. The first-order chi connectivity index (χ1) is 28.9. The molecule has 0 aliphatic carbocycles. The van der Waals surface area contributed by atoms with Crippen LogP contribution in [-0.2, 0) is 38.4 Å².